The van der Waals surface area contributed by atoms with E-state index in [0.29, 0.717) is 21.3 Å². The Hall–Kier alpha value is -2.22. The first-order valence-electron chi connectivity index (χ1n) is 7.96. The van der Waals surface area contributed by atoms with Crippen molar-refractivity contribution in [2.24, 2.45) is 0 Å². The van der Waals surface area contributed by atoms with Crippen LogP contribution in [0.25, 0.3) is 5.70 Å². The number of rotatable bonds is 2. The summed E-state index contributed by atoms with van der Waals surface area (Å²) in [5.41, 5.74) is 1.92. The highest BCUT2D eigenvalue weighted by molar-refractivity contribution is 6.42. The summed E-state index contributed by atoms with van der Waals surface area (Å²) in [7, 11) is 0. The maximum absolute atomic E-state index is 13.1. The largest absolute Gasteiger partial charge is 0.453 e. The van der Waals surface area contributed by atoms with E-state index in [4.69, 9.17) is 34.8 Å². The van der Waals surface area contributed by atoms with Crippen LogP contribution in [0.5, 0.6) is 0 Å². The fraction of sp³-hybridized carbons (Fsp3) is 0.111. The molecule has 0 bridgehead atoms. The molecule has 1 aliphatic heterocycles. The van der Waals surface area contributed by atoms with Crippen molar-refractivity contribution in [1.29, 1.82) is 0 Å². The summed E-state index contributed by atoms with van der Waals surface area (Å²) in [4.78, 5) is 3.62. The van der Waals surface area contributed by atoms with Crippen LogP contribution in [0, 0.1) is 0 Å². The van der Waals surface area contributed by atoms with Crippen LogP contribution in [0.3, 0.4) is 0 Å². The second kappa shape index (κ2) is 6.99. The first-order chi connectivity index (χ1) is 13.2. The van der Waals surface area contributed by atoms with Crippen molar-refractivity contribution in [2.75, 3.05) is 5.32 Å². The Kier molecular flexibility index (Phi) is 4.77. The second-order valence-electron chi connectivity index (χ2n) is 6.03. The van der Waals surface area contributed by atoms with Crippen molar-refractivity contribution in [3.63, 3.8) is 0 Å². The molecule has 0 saturated heterocycles. The molecule has 28 heavy (non-hydrogen) atoms. The predicted molar refractivity (Wildman–Crippen MR) is 103 cm³/mol. The molecule has 0 unspecified atom stereocenters. The van der Waals surface area contributed by atoms with Crippen LogP contribution in [0.1, 0.15) is 23.0 Å². The molecule has 0 saturated carbocycles. The van der Waals surface area contributed by atoms with Gasteiger partial charge in [0, 0.05) is 10.7 Å². The van der Waals surface area contributed by atoms with Crippen LogP contribution in [-0.4, -0.2) is 14.8 Å². The minimum atomic E-state index is -4.67. The lowest BCUT2D eigenvalue weighted by molar-refractivity contribution is -0.145. The number of fused-ring (bicyclic) bond motifs is 1. The summed E-state index contributed by atoms with van der Waals surface area (Å²) in [6, 6.07) is 11.1. The van der Waals surface area contributed by atoms with E-state index in [-0.39, 0.29) is 11.0 Å². The van der Waals surface area contributed by atoms with Crippen LogP contribution in [0.15, 0.2) is 48.5 Å². The van der Waals surface area contributed by atoms with Crippen LogP contribution in [0.4, 0.5) is 19.1 Å². The highest BCUT2D eigenvalue weighted by Gasteiger charge is 2.39. The standard InChI is InChI=1S/C18H10Cl3F3N4/c19-11-4-1-9(2-5-11)14-8-15(10-3-6-12(20)13(21)7-10)28-17(25-14)26-16(27-28)18(22,23)24/h1-8,15H,(H,25,26,27)/t15-/m1/s1. The first kappa shape index (κ1) is 19.1. The van der Waals surface area contributed by atoms with Crippen molar-refractivity contribution in [2.45, 2.75) is 12.2 Å². The van der Waals surface area contributed by atoms with E-state index in [1.54, 1.807) is 48.5 Å². The van der Waals surface area contributed by atoms with Gasteiger partial charge in [-0.05, 0) is 41.5 Å². The van der Waals surface area contributed by atoms with Gasteiger partial charge < -0.3 is 5.32 Å². The van der Waals surface area contributed by atoms with Gasteiger partial charge in [0.2, 0.25) is 5.95 Å². The average Bonchev–Trinajstić information content (AvgIpc) is 3.08. The van der Waals surface area contributed by atoms with Crippen molar-refractivity contribution in [1.82, 2.24) is 14.8 Å². The molecular weight excluding hydrogens is 436 g/mol. The highest BCUT2D eigenvalue weighted by atomic mass is 35.5. The van der Waals surface area contributed by atoms with E-state index in [1.165, 1.54) is 4.68 Å². The number of alkyl halides is 3. The number of nitrogens with zero attached hydrogens (tertiary/aromatic N) is 3. The minimum absolute atomic E-state index is 0.0316. The van der Waals surface area contributed by atoms with Crippen molar-refractivity contribution < 1.29 is 13.2 Å². The molecule has 2 heterocycles. The Bertz CT molecular complexity index is 1070. The Labute approximate surface area is 172 Å². The van der Waals surface area contributed by atoms with Gasteiger partial charge in [-0.1, -0.05) is 53.0 Å². The van der Waals surface area contributed by atoms with E-state index in [1.807, 2.05) is 0 Å². The van der Waals surface area contributed by atoms with Gasteiger partial charge in [0.15, 0.2) is 0 Å². The van der Waals surface area contributed by atoms with Gasteiger partial charge in [0.25, 0.3) is 5.82 Å². The lowest BCUT2D eigenvalue weighted by atomic mass is 10.0. The normalized spacial score (nSPS) is 16.4. The van der Waals surface area contributed by atoms with Crippen molar-refractivity contribution >= 4 is 46.4 Å². The zero-order chi connectivity index (χ0) is 20.1. The molecule has 3 aromatic rings. The summed E-state index contributed by atoms with van der Waals surface area (Å²) in [6.07, 6.45) is -2.93. The quantitative estimate of drug-likeness (QED) is 0.502. The summed E-state index contributed by atoms with van der Waals surface area (Å²) < 4.78 is 40.6. The maximum Gasteiger partial charge on any atom is 0.453 e. The van der Waals surface area contributed by atoms with E-state index < -0.39 is 18.0 Å². The van der Waals surface area contributed by atoms with Crippen molar-refractivity contribution in [3.8, 4) is 0 Å². The van der Waals surface area contributed by atoms with Crippen LogP contribution < -0.4 is 5.32 Å². The summed E-state index contributed by atoms with van der Waals surface area (Å²) >= 11 is 18.0. The number of hydrogen-bond donors (Lipinski definition) is 1. The maximum atomic E-state index is 13.1. The molecule has 1 atom stereocenters. The average molecular weight is 446 g/mol. The van der Waals surface area contributed by atoms with Gasteiger partial charge in [0.1, 0.15) is 6.04 Å². The molecule has 0 radical (unpaired) electrons. The third-order valence-electron chi connectivity index (χ3n) is 4.16. The molecule has 2 aromatic carbocycles. The van der Waals surface area contributed by atoms with Crippen LogP contribution in [-0.2, 0) is 6.18 Å². The zero-order valence-corrected chi connectivity index (χ0v) is 16.1. The van der Waals surface area contributed by atoms with E-state index >= 15 is 0 Å². The van der Waals surface area contributed by atoms with E-state index in [0.717, 1.165) is 5.56 Å². The van der Waals surface area contributed by atoms with Gasteiger partial charge >= 0.3 is 6.18 Å². The molecule has 1 aromatic heterocycles. The number of anilines is 1. The topological polar surface area (TPSA) is 42.7 Å². The summed E-state index contributed by atoms with van der Waals surface area (Å²) in [5.74, 6) is -1.26. The third-order valence-corrected chi connectivity index (χ3v) is 5.15. The van der Waals surface area contributed by atoms with Gasteiger partial charge in [-0.2, -0.15) is 18.2 Å². The molecule has 1 aliphatic rings. The molecule has 1 N–H and O–H groups in total. The van der Waals surface area contributed by atoms with Crippen LogP contribution in [0.2, 0.25) is 15.1 Å². The fourth-order valence-corrected chi connectivity index (χ4v) is 3.28. The van der Waals surface area contributed by atoms with Crippen molar-refractivity contribution in [3.05, 3.63) is 80.6 Å². The number of nitrogens with one attached hydrogen (secondary N) is 1. The number of halogens is 6. The van der Waals surface area contributed by atoms with Crippen LogP contribution >= 0.6 is 34.8 Å². The second-order valence-corrected chi connectivity index (χ2v) is 7.28. The molecule has 4 rings (SSSR count). The molecule has 0 amide bonds. The monoisotopic (exact) mass is 444 g/mol. The molecule has 0 aliphatic carbocycles. The number of benzene rings is 2. The molecule has 0 spiro atoms. The summed E-state index contributed by atoms with van der Waals surface area (Å²) in [5, 5.41) is 7.73. The summed E-state index contributed by atoms with van der Waals surface area (Å²) in [6.45, 7) is 0. The van der Waals surface area contributed by atoms with Gasteiger partial charge in [-0.25, -0.2) is 4.68 Å². The number of hydrogen-bond acceptors (Lipinski definition) is 3. The Morgan fingerprint density at radius 1 is 0.964 bits per heavy atom. The number of allylic oxidation sites excluding steroid dienone is 1. The zero-order valence-electron chi connectivity index (χ0n) is 13.8. The smallest absolute Gasteiger partial charge is 0.324 e. The Morgan fingerprint density at radius 3 is 2.32 bits per heavy atom. The van der Waals surface area contributed by atoms with Gasteiger partial charge in [-0.15, -0.1) is 5.10 Å². The molecule has 144 valence electrons. The molecule has 4 nitrogen and oxygen atoms in total. The molecular formula is C18H10Cl3F3N4. The minimum Gasteiger partial charge on any atom is -0.324 e. The highest BCUT2D eigenvalue weighted by Crippen LogP contribution is 2.37. The lowest BCUT2D eigenvalue weighted by Crippen LogP contribution is -2.20. The Morgan fingerprint density at radius 2 is 1.68 bits per heavy atom. The van der Waals surface area contributed by atoms with E-state index in [2.05, 4.69) is 15.4 Å². The van der Waals surface area contributed by atoms with Gasteiger partial charge in [-0.3, -0.25) is 0 Å². The molecule has 10 heteroatoms. The first-order valence-corrected chi connectivity index (χ1v) is 9.09. The lowest BCUT2D eigenvalue weighted by Gasteiger charge is -2.24. The Balaban J connectivity index is 1.85. The fourth-order valence-electron chi connectivity index (χ4n) is 2.84. The predicted octanol–water partition coefficient (Wildman–Crippen LogP) is 6.31. The van der Waals surface area contributed by atoms with Gasteiger partial charge in [0.05, 0.1) is 10.0 Å². The van der Waals surface area contributed by atoms with E-state index in [9.17, 15) is 13.2 Å². The third kappa shape index (κ3) is 3.57. The molecule has 0 fully saturated rings. The SMILES string of the molecule is FC(F)(F)c1nc2n(n1)[C@@H](c1ccc(Cl)c(Cl)c1)C=C(c1ccc(Cl)cc1)N2. The number of aromatic nitrogens is 3.